The fourth-order valence-electron chi connectivity index (χ4n) is 2.14. The Balaban J connectivity index is 1.78. The van der Waals surface area contributed by atoms with Gasteiger partial charge in [-0.1, -0.05) is 23.7 Å². The zero-order chi connectivity index (χ0) is 18.9. The van der Waals surface area contributed by atoms with Gasteiger partial charge >= 0.3 is 5.97 Å². The predicted molar refractivity (Wildman–Crippen MR) is 99.2 cm³/mol. The van der Waals surface area contributed by atoms with Crippen LogP contribution in [-0.2, 0) is 20.7 Å². The summed E-state index contributed by atoms with van der Waals surface area (Å²) < 4.78 is 4.89. The number of carbonyl (C=O) groups excluding carboxylic acids is 3. The number of benzene rings is 2. The van der Waals surface area contributed by atoms with E-state index in [0.717, 1.165) is 5.56 Å². The molecule has 0 aliphatic heterocycles. The van der Waals surface area contributed by atoms with Crippen molar-refractivity contribution in [2.24, 2.45) is 0 Å². The van der Waals surface area contributed by atoms with Crippen molar-refractivity contribution in [3.8, 4) is 0 Å². The van der Waals surface area contributed by atoms with Crippen molar-refractivity contribution in [1.29, 1.82) is 0 Å². The minimum Gasteiger partial charge on any atom is -0.462 e. The van der Waals surface area contributed by atoms with Gasteiger partial charge in [-0.2, -0.15) is 0 Å². The highest BCUT2D eigenvalue weighted by atomic mass is 35.5. The Morgan fingerprint density at radius 3 is 2.23 bits per heavy atom. The number of hydrogen-bond donors (Lipinski definition) is 2. The first kappa shape index (κ1) is 19.5. The summed E-state index contributed by atoms with van der Waals surface area (Å²) in [5, 5.41) is 5.80. The summed E-state index contributed by atoms with van der Waals surface area (Å²) >= 11 is 5.79. The third-order valence-electron chi connectivity index (χ3n) is 3.40. The summed E-state index contributed by atoms with van der Waals surface area (Å²) in [4.78, 5) is 35.3. The normalized spacial score (nSPS) is 10.1. The molecule has 0 radical (unpaired) electrons. The van der Waals surface area contributed by atoms with Gasteiger partial charge < -0.3 is 15.4 Å². The molecule has 2 amide bonds. The number of ether oxygens (including phenoxy) is 1. The number of nitrogens with one attached hydrogen (secondary N) is 2. The van der Waals surface area contributed by atoms with Crippen LogP contribution in [0, 0.1) is 0 Å². The zero-order valence-corrected chi connectivity index (χ0v) is 15.0. The molecule has 0 aliphatic rings. The Labute approximate surface area is 156 Å². The fourth-order valence-corrected chi connectivity index (χ4v) is 2.26. The van der Waals surface area contributed by atoms with Gasteiger partial charge in [0.2, 0.25) is 11.8 Å². The monoisotopic (exact) mass is 374 g/mol. The van der Waals surface area contributed by atoms with Crippen LogP contribution >= 0.6 is 11.6 Å². The third kappa shape index (κ3) is 6.22. The topological polar surface area (TPSA) is 84.5 Å². The molecular weight excluding hydrogens is 356 g/mol. The van der Waals surface area contributed by atoms with Crippen molar-refractivity contribution in [3.05, 3.63) is 64.7 Å². The van der Waals surface area contributed by atoms with Gasteiger partial charge in [0.1, 0.15) is 0 Å². The van der Waals surface area contributed by atoms with Crippen molar-refractivity contribution in [3.63, 3.8) is 0 Å². The van der Waals surface area contributed by atoms with E-state index in [-0.39, 0.29) is 24.8 Å². The molecule has 2 N–H and O–H groups in total. The molecule has 2 aromatic rings. The Kier molecular flexibility index (Phi) is 7.17. The van der Waals surface area contributed by atoms with Crippen LogP contribution in [0.5, 0.6) is 0 Å². The first-order chi connectivity index (χ1) is 12.5. The quantitative estimate of drug-likeness (QED) is 0.730. The van der Waals surface area contributed by atoms with Gasteiger partial charge in [-0.3, -0.25) is 9.59 Å². The number of halogens is 1. The summed E-state index contributed by atoms with van der Waals surface area (Å²) in [5.41, 5.74) is 1.73. The molecule has 0 saturated carbocycles. The average Bonchev–Trinajstić information content (AvgIpc) is 2.63. The highest BCUT2D eigenvalue weighted by molar-refractivity contribution is 6.30. The molecule has 0 aromatic heterocycles. The van der Waals surface area contributed by atoms with Crippen molar-refractivity contribution < 1.29 is 19.1 Å². The van der Waals surface area contributed by atoms with Gasteiger partial charge in [-0.15, -0.1) is 0 Å². The molecule has 0 aliphatic carbocycles. The molecule has 2 aromatic carbocycles. The standard InChI is InChI=1S/C19H19ClN2O4/c1-2-26-19(25)14-5-9-16(10-6-14)22-18(24)12-21-17(23)11-13-3-7-15(20)8-4-13/h3-10H,2,11-12H2,1H3,(H,21,23)(H,22,24). The lowest BCUT2D eigenvalue weighted by molar-refractivity contribution is -0.123. The van der Waals surface area contributed by atoms with E-state index >= 15 is 0 Å². The van der Waals surface area contributed by atoms with Gasteiger partial charge in [0, 0.05) is 10.7 Å². The maximum absolute atomic E-state index is 11.9. The number of esters is 1. The molecule has 0 saturated heterocycles. The molecule has 7 heteroatoms. The average molecular weight is 375 g/mol. The minimum atomic E-state index is -0.417. The fraction of sp³-hybridized carbons (Fsp3) is 0.211. The lowest BCUT2D eigenvalue weighted by Crippen LogP contribution is -2.33. The number of amides is 2. The second-order valence-corrected chi connectivity index (χ2v) is 5.86. The number of rotatable bonds is 7. The summed E-state index contributed by atoms with van der Waals surface area (Å²) in [6.45, 7) is 1.88. The van der Waals surface area contributed by atoms with Gasteiger partial charge in [0.25, 0.3) is 0 Å². The van der Waals surface area contributed by atoms with Crippen LogP contribution in [-0.4, -0.2) is 30.9 Å². The molecule has 0 fully saturated rings. The molecular formula is C19H19ClN2O4. The minimum absolute atomic E-state index is 0.147. The molecule has 6 nitrogen and oxygen atoms in total. The van der Waals surface area contributed by atoms with E-state index in [2.05, 4.69) is 10.6 Å². The lowest BCUT2D eigenvalue weighted by atomic mass is 10.1. The Hall–Kier alpha value is -2.86. The Morgan fingerprint density at radius 2 is 1.62 bits per heavy atom. The maximum Gasteiger partial charge on any atom is 0.338 e. The van der Waals surface area contributed by atoms with Crippen LogP contribution in [0.25, 0.3) is 0 Å². The SMILES string of the molecule is CCOC(=O)c1ccc(NC(=O)CNC(=O)Cc2ccc(Cl)cc2)cc1. The van der Waals surface area contributed by atoms with Crippen LogP contribution < -0.4 is 10.6 Å². The first-order valence-corrected chi connectivity index (χ1v) is 8.44. The smallest absolute Gasteiger partial charge is 0.338 e. The third-order valence-corrected chi connectivity index (χ3v) is 3.66. The molecule has 0 atom stereocenters. The summed E-state index contributed by atoms with van der Waals surface area (Å²) in [5.74, 6) is -1.04. The first-order valence-electron chi connectivity index (χ1n) is 8.06. The van der Waals surface area contributed by atoms with E-state index in [1.54, 1.807) is 55.5 Å². The van der Waals surface area contributed by atoms with Crippen LogP contribution in [0.1, 0.15) is 22.8 Å². The number of hydrogen-bond acceptors (Lipinski definition) is 4. The summed E-state index contributed by atoms with van der Waals surface area (Å²) in [6.07, 6.45) is 0.165. The number of carbonyl (C=O) groups is 3. The van der Waals surface area contributed by atoms with Gasteiger partial charge in [-0.05, 0) is 48.9 Å². The molecule has 0 unspecified atom stereocenters. The van der Waals surface area contributed by atoms with Crippen LogP contribution in [0.4, 0.5) is 5.69 Å². The molecule has 0 spiro atoms. The highest BCUT2D eigenvalue weighted by Gasteiger charge is 2.09. The van der Waals surface area contributed by atoms with E-state index in [0.29, 0.717) is 22.9 Å². The second kappa shape index (κ2) is 9.58. The Morgan fingerprint density at radius 1 is 0.962 bits per heavy atom. The molecule has 0 heterocycles. The zero-order valence-electron chi connectivity index (χ0n) is 14.3. The van der Waals surface area contributed by atoms with Gasteiger partial charge in [-0.25, -0.2) is 4.79 Å². The van der Waals surface area contributed by atoms with E-state index in [1.165, 1.54) is 0 Å². The largest absolute Gasteiger partial charge is 0.462 e. The van der Waals surface area contributed by atoms with Crippen molar-refractivity contribution in [2.75, 3.05) is 18.5 Å². The van der Waals surface area contributed by atoms with Crippen LogP contribution in [0.3, 0.4) is 0 Å². The summed E-state index contributed by atoms with van der Waals surface area (Å²) in [6, 6.07) is 13.2. The van der Waals surface area contributed by atoms with Gasteiger partial charge in [0.15, 0.2) is 0 Å². The van der Waals surface area contributed by atoms with Crippen molar-refractivity contribution in [1.82, 2.24) is 5.32 Å². The summed E-state index contributed by atoms with van der Waals surface area (Å²) in [7, 11) is 0. The molecule has 0 bridgehead atoms. The lowest BCUT2D eigenvalue weighted by Gasteiger charge is -2.08. The van der Waals surface area contributed by atoms with E-state index in [1.807, 2.05) is 0 Å². The highest BCUT2D eigenvalue weighted by Crippen LogP contribution is 2.11. The van der Waals surface area contributed by atoms with Crippen LogP contribution in [0.15, 0.2) is 48.5 Å². The molecule has 26 heavy (non-hydrogen) atoms. The second-order valence-electron chi connectivity index (χ2n) is 5.43. The molecule has 2 rings (SSSR count). The van der Waals surface area contributed by atoms with E-state index in [9.17, 15) is 14.4 Å². The Bertz CT molecular complexity index is 773. The maximum atomic E-state index is 11.9. The number of anilines is 1. The predicted octanol–water partition coefficient (Wildman–Crippen LogP) is 2.81. The van der Waals surface area contributed by atoms with E-state index in [4.69, 9.17) is 16.3 Å². The van der Waals surface area contributed by atoms with Gasteiger partial charge in [0.05, 0.1) is 25.1 Å². The van der Waals surface area contributed by atoms with Crippen molar-refractivity contribution in [2.45, 2.75) is 13.3 Å². The molecule has 136 valence electrons. The van der Waals surface area contributed by atoms with E-state index < -0.39 is 5.97 Å². The van der Waals surface area contributed by atoms with Crippen LogP contribution in [0.2, 0.25) is 5.02 Å². The van der Waals surface area contributed by atoms with Crippen molar-refractivity contribution >= 4 is 35.1 Å².